The Kier molecular flexibility index (Phi) is 3.93. The standard InChI is InChI=1S/C16H15N3O2S/c1-19-12-7-3-4-9-14(12)22-16(19)18-17-10-11-6-5-8-13(21-2)15(11)20/h3-10,20H,1-2H3. The predicted molar refractivity (Wildman–Crippen MR) is 88.6 cm³/mol. The van der Waals surface area contributed by atoms with Gasteiger partial charge in [0.2, 0.25) is 4.80 Å². The van der Waals surface area contributed by atoms with Gasteiger partial charge in [0, 0.05) is 12.6 Å². The van der Waals surface area contributed by atoms with Gasteiger partial charge in [-0.15, -0.1) is 5.10 Å². The van der Waals surface area contributed by atoms with Gasteiger partial charge in [0.1, 0.15) is 0 Å². The Morgan fingerprint density at radius 2 is 2.00 bits per heavy atom. The van der Waals surface area contributed by atoms with Gasteiger partial charge in [0.25, 0.3) is 0 Å². The molecule has 3 rings (SSSR count). The Hall–Kier alpha value is -2.60. The number of nitrogens with zero attached hydrogens (tertiary/aromatic N) is 3. The van der Waals surface area contributed by atoms with E-state index in [9.17, 15) is 5.11 Å². The minimum absolute atomic E-state index is 0.0599. The molecule has 3 aromatic rings. The summed E-state index contributed by atoms with van der Waals surface area (Å²) in [5.41, 5.74) is 1.68. The molecule has 0 fully saturated rings. The number of hydrogen-bond acceptors (Lipinski definition) is 5. The molecule has 0 radical (unpaired) electrons. The van der Waals surface area contributed by atoms with Crippen LogP contribution in [0.1, 0.15) is 5.56 Å². The number of para-hydroxylation sites is 2. The third-order valence-corrected chi connectivity index (χ3v) is 4.41. The lowest BCUT2D eigenvalue weighted by Crippen LogP contribution is -2.08. The van der Waals surface area contributed by atoms with Crippen molar-refractivity contribution in [2.75, 3.05) is 7.11 Å². The van der Waals surface area contributed by atoms with E-state index in [0.29, 0.717) is 11.3 Å². The van der Waals surface area contributed by atoms with Crippen LogP contribution in [0.3, 0.4) is 0 Å². The van der Waals surface area contributed by atoms with E-state index >= 15 is 0 Å². The highest BCUT2D eigenvalue weighted by Crippen LogP contribution is 2.27. The lowest BCUT2D eigenvalue weighted by atomic mass is 10.2. The van der Waals surface area contributed by atoms with Crippen LogP contribution in [0.5, 0.6) is 11.5 Å². The first-order valence-corrected chi connectivity index (χ1v) is 7.50. The van der Waals surface area contributed by atoms with E-state index in [1.54, 1.807) is 29.5 Å². The predicted octanol–water partition coefficient (Wildman–Crippen LogP) is 2.89. The van der Waals surface area contributed by atoms with Crippen molar-refractivity contribution in [3.05, 3.63) is 52.8 Å². The highest BCUT2D eigenvalue weighted by molar-refractivity contribution is 7.16. The summed E-state index contributed by atoms with van der Waals surface area (Å²) in [5.74, 6) is 0.473. The van der Waals surface area contributed by atoms with Gasteiger partial charge in [-0.2, -0.15) is 5.10 Å². The third-order valence-electron chi connectivity index (χ3n) is 3.31. The normalized spacial score (nSPS) is 12.4. The molecule has 0 aliphatic heterocycles. The summed E-state index contributed by atoms with van der Waals surface area (Å²) < 4.78 is 8.21. The summed E-state index contributed by atoms with van der Waals surface area (Å²) in [6, 6.07) is 13.3. The molecule has 6 heteroatoms. The van der Waals surface area contributed by atoms with Crippen molar-refractivity contribution in [3.8, 4) is 11.5 Å². The van der Waals surface area contributed by atoms with Gasteiger partial charge in [-0.3, -0.25) is 0 Å². The summed E-state index contributed by atoms with van der Waals surface area (Å²) in [5, 5.41) is 18.3. The van der Waals surface area contributed by atoms with E-state index < -0.39 is 0 Å². The number of aryl methyl sites for hydroxylation is 1. The molecule has 0 aliphatic carbocycles. The lowest BCUT2D eigenvalue weighted by molar-refractivity contribution is 0.373. The SMILES string of the molecule is COc1cccc(C=NN=c2sc3ccccc3n2C)c1O. The van der Waals surface area contributed by atoms with Gasteiger partial charge in [0.05, 0.1) is 23.5 Å². The fraction of sp³-hybridized carbons (Fsp3) is 0.125. The largest absolute Gasteiger partial charge is 0.504 e. The highest BCUT2D eigenvalue weighted by atomic mass is 32.1. The molecule has 1 heterocycles. The average Bonchev–Trinajstić information content (AvgIpc) is 2.86. The Balaban J connectivity index is 1.97. The van der Waals surface area contributed by atoms with Crippen LogP contribution in [0.2, 0.25) is 0 Å². The second-order valence-corrected chi connectivity index (χ2v) is 5.66. The molecule has 0 bridgehead atoms. The number of thiazole rings is 1. The zero-order valence-electron chi connectivity index (χ0n) is 12.2. The number of methoxy groups -OCH3 is 1. The number of hydrogen-bond donors (Lipinski definition) is 1. The molecule has 0 unspecified atom stereocenters. The zero-order chi connectivity index (χ0) is 15.5. The number of phenolic OH excluding ortho intramolecular Hbond substituents is 1. The van der Waals surface area contributed by atoms with E-state index in [1.165, 1.54) is 13.3 Å². The van der Waals surface area contributed by atoms with Crippen molar-refractivity contribution in [2.45, 2.75) is 0 Å². The summed E-state index contributed by atoms with van der Waals surface area (Å²) in [6.45, 7) is 0. The zero-order valence-corrected chi connectivity index (χ0v) is 13.0. The molecule has 0 saturated heterocycles. The summed E-state index contributed by atoms with van der Waals surface area (Å²) in [6.07, 6.45) is 1.52. The smallest absolute Gasteiger partial charge is 0.211 e. The molecule has 0 amide bonds. The highest BCUT2D eigenvalue weighted by Gasteiger charge is 2.04. The molecule has 5 nitrogen and oxygen atoms in total. The fourth-order valence-corrected chi connectivity index (χ4v) is 3.10. The monoisotopic (exact) mass is 313 g/mol. The number of fused-ring (bicyclic) bond motifs is 1. The Morgan fingerprint density at radius 3 is 2.77 bits per heavy atom. The van der Waals surface area contributed by atoms with Gasteiger partial charge < -0.3 is 14.4 Å². The molecule has 0 spiro atoms. The summed E-state index contributed by atoms with van der Waals surface area (Å²) in [7, 11) is 3.47. The van der Waals surface area contributed by atoms with Crippen LogP contribution in [0.25, 0.3) is 10.2 Å². The van der Waals surface area contributed by atoms with Crippen LogP contribution in [0.15, 0.2) is 52.7 Å². The number of aromatic hydroxyl groups is 1. The Labute approximate surface area is 131 Å². The molecule has 2 aromatic carbocycles. The minimum atomic E-state index is 0.0599. The van der Waals surface area contributed by atoms with Crippen LogP contribution < -0.4 is 9.54 Å². The molecule has 0 saturated carbocycles. The lowest BCUT2D eigenvalue weighted by Gasteiger charge is -2.04. The molecule has 112 valence electrons. The van der Waals surface area contributed by atoms with Crippen LogP contribution in [0.4, 0.5) is 0 Å². The van der Waals surface area contributed by atoms with Crippen LogP contribution in [-0.4, -0.2) is 23.0 Å². The summed E-state index contributed by atoms with van der Waals surface area (Å²) in [4.78, 5) is 0.792. The number of ether oxygens (including phenoxy) is 1. The second-order valence-electron chi connectivity index (χ2n) is 4.65. The van der Waals surface area contributed by atoms with Gasteiger partial charge in [-0.1, -0.05) is 29.5 Å². The molecular weight excluding hydrogens is 298 g/mol. The quantitative estimate of drug-likeness (QED) is 0.597. The molecule has 1 N–H and O–H groups in total. The number of phenols is 1. The Bertz CT molecular complexity index is 909. The first-order valence-electron chi connectivity index (χ1n) is 6.68. The molecule has 0 aliphatic rings. The maximum Gasteiger partial charge on any atom is 0.211 e. The first kappa shape index (κ1) is 14.3. The van der Waals surface area contributed by atoms with Crippen molar-refractivity contribution in [3.63, 3.8) is 0 Å². The van der Waals surface area contributed by atoms with Crippen LogP contribution >= 0.6 is 11.3 Å². The molecule has 1 aromatic heterocycles. The van der Waals surface area contributed by atoms with Crippen LogP contribution in [-0.2, 0) is 7.05 Å². The van der Waals surface area contributed by atoms with Crippen molar-refractivity contribution in [1.82, 2.24) is 4.57 Å². The van der Waals surface area contributed by atoms with E-state index in [-0.39, 0.29) is 5.75 Å². The maximum absolute atomic E-state index is 9.99. The minimum Gasteiger partial charge on any atom is -0.504 e. The fourth-order valence-electron chi connectivity index (χ4n) is 2.13. The molecule has 22 heavy (non-hydrogen) atoms. The van der Waals surface area contributed by atoms with Crippen molar-refractivity contribution in [1.29, 1.82) is 0 Å². The van der Waals surface area contributed by atoms with Crippen LogP contribution in [0, 0.1) is 0 Å². The number of rotatable bonds is 3. The van der Waals surface area contributed by atoms with Crippen molar-refractivity contribution >= 4 is 27.8 Å². The van der Waals surface area contributed by atoms with Crippen molar-refractivity contribution in [2.24, 2.45) is 17.3 Å². The van der Waals surface area contributed by atoms with Gasteiger partial charge >= 0.3 is 0 Å². The van der Waals surface area contributed by atoms with E-state index in [2.05, 4.69) is 16.3 Å². The van der Waals surface area contributed by atoms with E-state index in [0.717, 1.165) is 15.0 Å². The number of benzene rings is 2. The van der Waals surface area contributed by atoms with Crippen molar-refractivity contribution < 1.29 is 9.84 Å². The first-order chi connectivity index (χ1) is 10.7. The van der Waals surface area contributed by atoms with Gasteiger partial charge in [-0.25, -0.2) is 0 Å². The second kappa shape index (κ2) is 6.03. The van der Waals surface area contributed by atoms with E-state index in [4.69, 9.17) is 4.74 Å². The number of aromatic nitrogens is 1. The topological polar surface area (TPSA) is 59.1 Å². The third kappa shape index (κ3) is 2.60. The van der Waals surface area contributed by atoms with Gasteiger partial charge in [0.15, 0.2) is 11.5 Å². The molecular formula is C16H15N3O2S. The summed E-state index contributed by atoms with van der Waals surface area (Å²) >= 11 is 1.57. The van der Waals surface area contributed by atoms with E-state index in [1.807, 2.05) is 29.8 Å². The van der Waals surface area contributed by atoms with Gasteiger partial charge in [-0.05, 0) is 24.3 Å². The average molecular weight is 313 g/mol. The maximum atomic E-state index is 9.99. The Morgan fingerprint density at radius 1 is 1.18 bits per heavy atom. The molecule has 0 atom stereocenters.